The minimum Gasteiger partial charge on any atom is -0.480 e. The van der Waals surface area contributed by atoms with Crippen LogP contribution in [0.1, 0.15) is 54.4 Å². The fraction of sp³-hybridized carbons (Fsp3) is 0.938. The van der Waals surface area contributed by atoms with E-state index in [2.05, 4.69) is 31.0 Å². The van der Waals surface area contributed by atoms with Gasteiger partial charge in [-0.05, 0) is 52.4 Å². The molecule has 20 heavy (non-hydrogen) atoms. The van der Waals surface area contributed by atoms with Crippen molar-refractivity contribution in [2.45, 2.75) is 72.0 Å². The summed E-state index contributed by atoms with van der Waals surface area (Å²) in [6, 6.07) is 0.719. The summed E-state index contributed by atoms with van der Waals surface area (Å²) in [5.74, 6) is 0.639. The van der Waals surface area contributed by atoms with Crippen LogP contribution in [0.3, 0.4) is 0 Å². The van der Waals surface area contributed by atoms with Crippen LogP contribution in [0.5, 0.6) is 0 Å². The quantitative estimate of drug-likeness (QED) is 0.787. The highest BCUT2D eigenvalue weighted by Gasteiger charge is 2.36. The van der Waals surface area contributed by atoms with Gasteiger partial charge in [0.05, 0.1) is 0 Å². The predicted molar refractivity (Wildman–Crippen MR) is 82.9 cm³/mol. The van der Waals surface area contributed by atoms with Crippen LogP contribution in [0.4, 0.5) is 0 Å². The monoisotopic (exact) mass is 284 g/mol. The van der Waals surface area contributed by atoms with Crippen molar-refractivity contribution in [3.05, 3.63) is 0 Å². The summed E-state index contributed by atoms with van der Waals surface area (Å²) in [7, 11) is 0. The zero-order valence-electron chi connectivity index (χ0n) is 13.9. The van der Waals surface area contributed by atoms with Gasteiger partial charge in [0, 0.05) is 25.2 Å². The molecule has 0 saturated carbocycles. The fourth-order valence-electron chi connectivity index (χ4n) is 3.37. The van der Waals surface area contributed by atoms with Gasteiger partial charge < -0.3 is 10.0 Å². The number of carboxylic acid groups (broad SMARTS) is 1. The summed E-state index contributed by atoms with van der Waals surface area (Å²) in [6.45, 7) is 14.6. The standard InChI is InChI=1S/C16H32N2O2/c1-11(2)17-16(6,15(19)20)7-8-18-10-12(3)9-13(4)14(18)5/h11-14,17H,7-10H2,1-6H3,(H,19,20). The molecule has 4 atom stereocenters. The number of carbonyl (C=O) groups is 1. The van der Waals surface area contributed by atoms with E-state index in [0.29, 0.717) is 24.3 Å². The largest absolute Gasteiger partial charge is 0.480 e. The third kappa shape index (κ3) is 4.45. The van der Waals surface area contributed by atoms with Gasteiger partial charge in [-0.25, -0.2) is 0 Å². The van der Waals surface area contributed by atoms with Gasteiger partial charge in [-0.3, -0.25) is 10.1 Å². The third-order valence-corrected chi connectivity index (χ3v) is 4.70. The topological polar surface area (TPSA) is 52.6 Å². The lowest BCUT2D eigenvalue weighted by atomic mass is 9.85. The van der Waals surface area contributed by atoms with Crippen LogP contribution in [-0.4, -0.2) is 46.7 Å². The van der Waals surface area contributed by atoms with Crippen molar-refractivity contribution in [3.8, 4) is 0 Å². The SMILES string of the molecule is CC1CC(C)C(C)N(CCC(C)(NC(C)C)C(=O)O)C1. The van der Waals surface area contributed by atoms with Crippen LogP contribution in [0.2, 0.25) is 0 Å². The summed E-state index contributed by atoms with van der Waals surface area (Å²) in [5.41, 5.74) is -0.836. The highest BCUT2D eigenvalue weighted by Crippen LogP contribution is 2.27. The maximum Gasteiger partial charge on any atom is 0.323 e. The fourth-order valence-corrected chi connectivity index (χ4v) is 3.37. The molecular formula is C16H32N2O2. The second-order valence-electron chi connectivity index (χ2n) is 7.24. The molecule has 0 aromatic rings. The molecule has 1 saturated heterocycles. The van der Waals surface area contributed by atoms with Crippen molar-refractivity contribution in [2.24, 2.45) is 11.8 Å². The number of hydrogen-bond acceptors (Lipinski definition) is 3. The number of piperidine rings is 1. The van der Waals surface area contributed by atoms with Gasteiger partial charge in [0.1, 0.15) is 5.54 Å². The minimum absolute atomic E-state index is 0.174. The lowest BCUT2D eigenvalue weighted by Crippen LogP contribution is -2.55. The molecule has 0 aliphatic carbocycles. The number of nitrogens with one attached hydrogen (secondary N) is 1. The van der Waals surface area contributed by atoms with E-state index >= 15 is 0 Å². The summed E-state index contributed by atoms with van der Waals surface area (Å²) in [5, 5.41) is 12.7. The molecular weight excluding hydrogens is 252 g/mol. The molecule has 1 aliphatic rings. The molecule has 4 nitrogen and oxygen atoms in total. The average molecular weight is 284 g/mol. The highest BCUT2D eigenvalue weighted by molar-refractivity contribution is 5.78. The first-order chi connectivity index (χ1) is 9.15. The van der Waals surface area contributed by atoms with Crippen LogP contribution in [0.25, 0.3) is 0 Å². The maximum atomic E-state index is 11.6. The van der Waals surface area contributed by atoms with Gasteiger partial charge in [0.25, 0.3) is 0 Å². The molecule has 0 radical (unpaired) electrons. The molecule has 118 valence electrons. The summed E-state index contributed by atoms with van der Waals surface area (Å²) in [6.07, 6.45) is 1.92. The van der Waals surface area contributed by atoms with Crippen LogP contribution < -0.4 is 5.32 Å². The molecule has 0 spiro atoms. The lowest BCUT2D eigenvalue weighted by Gasteiger charge is -2.42. The van der Waals surface area contributed by atoms with Crippen molar-refractivity contribution >= 4 is 5.97 Å². The van der Waals surface area contributed by atoms with E-state index < -0.39 is 11.5 Å². The van der Waals surface area contributed by atoms with Gasteiger partial charge >= 0.3 is 5.97 Å². The third-order valence-electron chi connectivity index (χ3n) is 4.70. The Morgan fingerprint density at radius 3 is 2.50 bits per heavy atom. The number of carboxylic acids is 1. The second-order valence-corrected chi connectivity index (χ2v) is 7.24. The van der Waals surface area contributed by atoms with E-state index in [9.17, 15) is 9.90 Å². The first-order valence-corrected chi connectivity index (χ1v) is 7.91. The van der Waals surface area contributed by atoms with Gasteiger partial charge in [0.15, 0.2) is 0 Å². The Morgan fingerprint density at radius 2 is 2.00 bits per heavy atom. The van der Waals surface area contributed by atoms with Gasteiger partial charge in [0.2, 0.25) is 0 Å². The lowest BCUT2D eigenvalue weighted by molar-refractivity contribution is -0.145. The van der Waals surface area contributed by atoms with E-state index in [1.165, 1.54) is 6.42 Å². The van der Waals surface area contributed by atoms with Gasteiger partial charge in [-0.15, -0.1) is 0 Å². The molecule has 1 aliphatic heterocycles. The predicted octanol–water partition coefficient (Wildman–Crippen LogP) is 2.58. The van der Waals surface area contributed by atoms with E-state index in [4.69, 9.17) is 0 Å². The van der Waals surface area contributed by atoms with E-state index in [0.717, 1.165) is 13.1 Å². The van der Waals surface area contributed by atoms with E-state index in [1.54, 1.807) is 6.92 Å². The molecule has 2 N–H and O–H groups in total. The van der Waals surface area contributed by atoms with E-state index in [1.807, 2.05) is 13.8 Å². The number of hydrogen-bond donors (Lipinski definition) is 2. The normalized spacial score (nSPS) is 31.2. The number of aliphatic carboxylic acids is 1. The molecule has 0 amide bonds. The van der Waals surface area contributed by atoms with Gasteiger partial charge in [-0.1, -0.05) is 13.8 Å². The number of likely N-dealkylation sites (tertiary alicyclic amines) is 1. The van der Waals surface area contributed by atoms with Crippen molar-refractivity contribution in [1.29, 1.82) is 0 Å². The number of nitrogens with zero attached hydrogens (tertiary/aromatic N) is 1. The van der Waals surface area contributed by atoms with Crippen molar-refractivity contribution in [3.63, 3.8) is 0 Å². The molecule has 1 rings (SSSR count). The molecule has 4 heteroatoms. The summed E-state index contributed by atoms with van der Waals surface area (Å²) in [4.78, 5) is 14.0. The Labute approximate surface area is 123 Å². The van der Waals surface area contributed by atoms with Crippen molar-refractivity contribution in [1.82, 2.24) is 10.2 Å². The highest BCUT2D eigenvalue weighted by atomic mass is 16.4. The Bertz CT molecular complexity index is 332. The summed E-state index contributed by atoms with van der Waals surface area (Å²) < 4.78 is 0. The van der Waals surface area contributed by atoms with Gasteiger partial charge in [-0.2, -0.15) is 0 Å². The molecule has 4 unspecified atom stereocenters. The minimum atomic E-state index is -0.836. The molecule has 0 aromatic heterocycles. The Kier molecular flexibility index (Phi) is 6.02. The molecule has 1 heterocycles. The second kappa shape index (κ2) is 6.90. The smallest absolute Gasteiger partial charge is 0.323 e. The Hall–Kier alpha value is -0.610. The van der Waals surface area contributed by atoms with Crippen molar-refractivity contribution in [2.75, 3.05) is 13.1 Å². The first kappa shape index (κ1) is 17.4. The zero-order valence-corrected chi connectivity index (χ0v) is 13.9. The molecule has 0 aromatic carbocycles. The zero-order chi connectivity index (χ0) is 15.5. The van der Waals surface area contributed by atoms with Crippen LogP contribution >= 0.6 is 0 Å². The van der Waals surface area contributed by atoms with Crippen LogP contribution in [-0.2, 0) is 4.79 Å². The molecule has 1 fully saturated rings. The Morgan fingerprint density at radius 1 is 1.40 bits per heavy atom. The molecule has 0 bridgehead atoms. The summed E-state index contributed by atoms with van der Waals surface area (Å²) >= 11 is 0. The van der Waals surface area contributed by atoms with E-state index in [-0.39, 0.29) is 6.04 Å². The Balaban J connectivity index is 2.64. The maximum absolute atomic E-state index is 11.6. The van der Waals surface area contributed by atoms with Crippen LogP contribution in [0.15, 0.2) is 0 Å². The van der Waals surface area contributed by atoms with Crippen LogP contribution in [0, 0.1) is 11.8 Å². The van der Waals surface area contributed by atoms with Crippen molar-refractivity contribution < 1.29 is 9.90 Å². The average Bonchev–Trinajstić information content (AvgIpc) is 2.30. The number of rotatable bonds is 6. The first-order valence-electron chi connectivity index (χ1n) is 7.91.